The van der Waals surface area contributed by atoms with E-state index in [-0.39, 0.29) is 11.0 Å². The maximum atomic E-state index is 13.1. The van der Waals surface area contributed by atoms with E-state index in [1.165, 1.54) is 16.2 Å². The first-order valence-corrected chi connectivity index (χ1v) is 9.27. The van der Waals surface area contributed by atoms with E-state index in [0.29, 0.717) is 17.5 Å². The highest BCUT2D eigenvalue weighted by molar-refractivity contribution is 7.99. The van der Waals surface area contributed by atoms with Gasteiger partial charge in [-0.2, -0.15) is 13.2 Å². The molecule has 0 aliphatic rings. The molecule has 0 unspecified atom stereocenters. The van der Waals surface area contributed by atoms with E-state index in [1.54, 1.807) is 14.1 Å². The molecule has 0 saturated carbocycles. The molecule has 138 valence electrons. The van der Waals surface area contributed by atoms with Crippen molar-refractivity contribution in [1.29, 1.82) is 0 Å². The standard InChI is InChI=1S/C15H15F3N6S2/c1-4-24-12(9-6-5-7-25-9)21-22-14(24)26-13-19-10(15(16,17)18)8-11(20-13)23(2)3/h5-8H,4H2,1-3H3. The molecule has 0 aliphatic carbocycles. The molecule has 3 aromatic rings. The molecule has 3 aromatic heterocycles. The Morgan fingerprint density at radius 1 is 1.23 bits per heavy atom. The maximum Gasteiger partial charge on any atom is 0.433 e. The van der Waals surface area contributed by atoms with Crippen molar-refractivity contribution in [1.82, 2.24) is 24.7 Å². The number of alkyl halides is 3. The Bertz CT molecular complexity index is 889. The van der Waals surface area contributed by atoms with Crippen LogP contribution in [0.2, 0.25) is 0 Å². The van der Waals surface area contributed by atoms with Crippen LogP contribution in [0.4, 0.5) is 19.0 Å². The molecule has 0 radical (unpaired) electrons. The number of hydrogen-bond donors (Lipinski definition) is 0. The first-order valence-electron chi connectivity index (χ1n) is 7.58. The topological polar surface area (TPSA) is 59.7 Å². The fourth-order valence-corrected chi connectivity index (χ4v) is 3.72. The van der Waals surface area contributed by atoms with Crippen LogP contribution >= 0.6 is 23.1 Å². The Kier molecular flexibility index (Phi) is 5.19. The molecule has 26 heavy (non-hydrogen) atoms. The summed E-state index contributed by atoms with van der Waals surface area (Å²) in [6, 6.07) is 4.74. The Balaban J connectivity index is 2.00. The largest absolute Gasteiger partial charge is 0.433 e. The van der Waals surface area contributed by atoms with Gasteiger partial charge in [-0.25, -0.2) is 9.97 Å². The van der Waals surface area contributed by atoms with Gasteiger partial charge in [-0.05, 0) is 30.1 Å². The minimum atomic E-state index is -4.55. The summed E-state index contributed by atoms with van der Waals surface area (Å²) in [7, 11) is 3.25. The van der Waals surface area contributed by atoms with Gasteiger partial charge in [0.05, 0.1) is 4.88 Å². The third kappa shape index (κ3) is 3.83. The SMILES string of the molecule is CCn1c(Sc2nc(N(C)C)cc(C(F)(F)F)n2)nnc1-c1cccs1. The molecule has 0 amide bonds. The smallest absolute Gasteiger partial charge is 0.363 e. The van der Waals surface area contributed by atoms with E-state index in [2.05, 4.69) is 20.2 Å². The van der Waals surface area contributed by atoms with E-state index in [1.807, 2.05) is 29.0 Å². The lowest BCUT2D eigenvalue weighted by Gasteiger charge is -2.15. The summed E-state index contributed by atoms with van der Waals surface area (Å²) in [5.41, 5.74) is -0.986. The number of nitrogens with zero attached hydrogens (tertiary/aromatic N) is 6. The van der Waals surface area contributed by atoms with Crippen LogP contribution in [0.3, 0.4) is 0 Å². The quantitative estimate of drug-likeness (QED) is 0.602. The third-order valence-corrected chi connectivity index (χ3v) is 5.11. The normalized spacial score (nSPS) is 11.8. The molecular formula is C15H15F3N6S2. The second kappa shape index (κ2) is 7.23. The molecule has 0 aromatic carbocycles. The molecule has 3 heterocycles. The summed E-state index contributed by atoms with van der Waals surface area (Å²) < 4.78 is 41.2. The Morgan fingerprint density at radius 2 is 2.00 bits per heavy atom. The molecule has 0 N–H and O–H groups in total. The van der Waals surface area contributed by atoms with Crippen molar-refractivity contribution >= 4 is 28.9 Å². The first kappa shape index (κ1) is 18.6. The predicted octanol–water partition coefficient (Wildman–Crippen LogP) is 4.05. The lowest BCUT2D eigenvalue weighted by molar-refractivity contribution is -0.141. The van der Waals surface area contributed by atoms with Crippen molar-refractivity contribution in [3.8, 4) is 10.7 Å². The Morgan fingerprint density at radius 3 is 2.58 bits per heavy atom. The van der Waals surface area contributed by atoms with Crippen LogP contribution in [0.25, 0.3) is 10.7 Å². The van der Waals surface area contributed by atoms with Gasteiger partial charge in [0.2, 0.25) is 0 Å². The zero-order valence-electron chi connectivity index (χ0n) is 14.2. The van der Waals surface area contributed by atoms with E-state index >= 15 is 0 Å². The Hall–Kier alpha value is -2.14. The average molecular weight is 400 g/mol. The molecule has 6 nitrogen and oxygen atoms in total. The van der Waals surface area contributed by atoms with Crippen LogP contribution in [0.1, 0.15) is 12.6 Å². The molecule has 0 spiro atoms. The zero-order chi connectivity index (χ0) is 18.9. The molecule has 0 fully saturated rings. The van der Waals surface area contributed by atoms with Crippen LogP contribution < -0.4 is 4.90 Å². The highest BCUT2D eigenvalue weighted by atomic mass is 32.2. The van der Waals surface area contributed by atoms with Crippen molar-refractivity contribution in [2.24, 2.45) is 0 Å². The van der Waals surface area contributed by atoms with Gasteiger partial charge in [0, 0.05) is 26.7 Å². The summed E-state index contributed by atoms with van der Waals surface area (Å²) >= 11 is 2.48. The molecule has 0 atom stereocenters. The summed E-state index contributed by atoms with van der Waals surface area (Å²) in [4.78, 5) is 10.3. The van der Waals surface area contributed by atoms with Crippen LogP contribution in [0.5, 0.6) is 0 Å². The number of aromatic nitrogens is 5. The molecular weight excluding hydrogens is 385 g/mol. The Labute approximate surface area is 156 Å². The number of rotatable bonds is 5. The van der Waals surface area contributed by atoms with Crippen molar-refractivity contribution in [3.05, 3.63) is 29.3 Å². The minimum absolute atomic E-state index is 0.0247. The van der Waals surface area contributed by atoms with Gasteiger partial charge in [-0.3, -0.25) is 0 Å². The van der Waals surface area contributed by atoms with Crippen LogP contribution in [0.15, 0.2) is 33.9 Å². The number of anilines is 1. The van der Waals surface area contributed by atoms with Gasteiger partial charge in [0.25, 0.3) is 0 Å². The molecule has 0 saturated heterocycles. The summed E-state index contributed by atoms with van der Waals surface area (Å²) in [5, 5.41) is 10.6. The lowest BCUT2D eigenvalue weighted by Crippen LogP contribution is -2.16. The average Bonchev–Trinajstić information content (AvgIpc) is 3.22. The van der Waals surface area contributed by atoms with E-state index in [9.17, 15) is 13.2 Å². The van der Waals surface area contributed by atoms with Crippen molar-refractivity contribution in [3.63, 3.8) is 0 Å². The van der Waals surface area contributed by atoms with E-state index in [4.69, 9.17) is 0 Å². The predicted molar refractivity (Wildman–Crippen MR) is 94.5 cm³/mol. The monoisotopic (exact) mass is 400 g/mol. The third-order valence-electron chi connectivity index (χ3n) is 3.40. The fourth-order valence-electron chi connectivity index (χ4n) is 2.15. The van der Waals surface area contributed by atoms with Crippen molar-refractivity contribution < 1.29 is 13.2 Å². The lowest BCUT2D eigenvalue weighted by atomic mass is 10.4. The molecule has 0 aliphatic heterocycles. The summed E-state index contributed by atoms with van der Waals surface area (Å²) in [6.45, 7) is 2.49. The van der Waals surface area contributed by atoms with Crippen LogP contribution in [-0.4, -0.2) is 38.8 Å². The van der Waals surface area contributed by atoms with Gasteiger partial charge in [-0.15, -0.1) is 21.5 Å². The second-order valence-corrected chi connectivity index (χ2v) is 7.30. The number of hydrogen-bond acceptors (Lipinski definition) is 7. The van der Waals surface area contributed by atoms with Gasteiger partial charge in [0.1, 0.15) is 5.82 Å². The van der Waals surface area contributed by atoms with E-state index in [0.717, 1.165) is 22.7 Å². The van der Waals surface area contributed by atoms with Crippen LogP contribution in [0, 0.1) is 0 Å². The van der Waals surface area contributed by atoms with Crippen molar-refractivity contribution in [2.75, 3.05) is 19.0 Å². The van der Waals surface area contributed by atoms with Gasteiger partial charge >= 0.3 is 6.18 Å². The molecule has 0 bridgehead atoms. The second-order valence-electron chi connectivity index (χ2n) is 5.42. The zero-order valence-corrected chi connectivity index (χ0v) is 15.8. The first-order chi connectivity index (χ1) is 12.3. The highest BCUT2D eigenvalue weighted by Crippen LogP contribution is 2.34. The van der Waals surface area contributed by atoms with Crippen LogP contribution in [-0.2, 0) is 12.7 Å². The highest BCUT2D eigenvalue weighted by Gasteiger charge is 2.34. The molecule has 11 heteroatoms. The van der Waals surface area contributed by atoms with Crippen molar-refractivity contribution in [2.45, 2.75) is 30.0 Å². The summed E-state index contributed by atoms with van der Waals surface area (Å²) in [5.74, 6) is 0.848. The number of thiophene rings is 1. The summed E-state index contributed by atoms with van der Waals surface area (Å²) in [6.07, 6.45) is -4.55. The van der Waals surface area contributed by atoms with Gasteiger partial charge < -0.3 is 9.47 Å². The van der Waals surface area contributed by atoms with Gasteiger partial charge in [-0.1, -0.05) is 6.07 Å². The molecule has 3 rings (SSSR count). The number of halogens is 3. The maximum absolute atomic E-state index is 13.1. The van der Waals surface area contributed by atoms with Gasteiger partial charge in [0.15, 0.2) is 21.8 Å². The van der Waals surface area contributed by atoms with E-state index < -0.39 is 11.9 Å². The fraction of sp³-hybridized carbons (Fsp3) is 0.333. The minimum Gasteiger partial charge on any atom is -0.363 e.